The molecule has 7 nitrogen and oxygen atoms in total. The van der Waals surface area contributed by atoms with Gasteiger partial charge in [0.25, 0.3) is 0 Å². The summed E-state index contributed by atoms with van der Waals surface area (Å²) in [6, 6.07) is 2.87. The lowest BCUT2D eigenvalue weighted by atomic mass is 9.95. The highest BCUT2D eigenvalue weighted by molar-refractivity contribution is 7.89. The Bertz CT molecular complexity index is 541. The van der Waals surface area contributed by atoms with Gasteiger partial charge in [0.2, 0.25) is 10.0 Å². The molecule has 0 saturated carbocycles. The molecule has 2 heterocycles. The number of rotatable bonds is 4. The van der Waals surface area contributed by atoms with Crippen molar-refractivity contribution in [2.75, 3.05) is 25.5 Å². The Balaban J connectivity index is 2.08. The van der Waals surface area contributed by atoms with Gasteiger partial charge in [-0.3, -0.25) is 0 Å². The summed E-state index contributed by atoms with van der Waals surface area (Å²) in [7, 11) is -3.77. The van der Waals surface area contributed by atoms with E-state index in [0.717, 1.165) is 0 Å². The molecule has 8 heteroatoms. The molecule has 1 aliphatic rings. The molecule has 0 atom stereocenters. The molecule has 0 aliphatic carbocycles. The van der Waals surface area contributed by atoms with E-state index in [1.807, 2.05) is 0 Å². The van der Waals surface area contributed by atoms with Crippen LogP contribution in [0.3, 0.4) is 0 Å². The maximum Gasteiger partial charge on any atom is 0.244 e. The van der Waals surface area contributed by atoms with Crippen LogP contribution in [0.15, 0.2) is 23.2 Å². The van der Waals surface area contributed by atoms with Crippen molar-refractivity contribution in [1.82, 2.24) is 9.71 Å². The number of nitrogens with one attached hydrogen (secondary N) is 1. The van der Waals surface area contributed by atoms with Crippen molar-refractivity contribution in [2.24, 2.45) is 0 Å². The molecule has 0 amide bonds. The highest BCUT2D eigenvalue weighted by Crippen LogP contribution is 2.21. The van der Waals surface area contributed by atoms with Crippen LogP contribution < -0.4 is 10.5 Å². The standard InChI is InChI=1S/C11H17N3O4S/c12-10-9(2-1-5-13-10)19(16,17)14-8-11(15)3-6-18-7-4-11/h1-2,5,14-15H,3-4,6-8H2,(H2,12,13). The van der Waals surface area contributed by atoms with Gasteiger partial charge >= 0.3 is 0 Å². The molecular weight excluding hydrogens is 270 g/mol. The molecule has 0 spiro atoms. The van der Waals surface area contributed by atoms with E-state index in [2.05, 4.69) is 9.71 Å². The van der Waals surface area contributed by atoms with Crippen LogP contribution >= 0.6 is 0 Å². The minimum atomic E-state index is -3.77. The van der Waals surface area contributed by atoms with Gasteiger partial charge in [-0.05, 0) is 12.1 Å². The first kappa shape index (κ1) is 14.2. The van der Waals surface area contributed by atoms with Crippen molar-refractivity contribution in [3.63, 3.8) is 0 Å². The van der Waals surface area contributed by atoms with Gasteiger partial charge in [0, 0.05) is 38.8 Å². The zero-order chi connectivity index (χ0) is 13.9. The predicted octanol–water partition coefficient (Wildman–Crippen LogP) is -0.516. The van der Waals surface area contributed by atoms with E-state index in [9.17, 15) is 13.5 Å². The van der Waals surface area contributed by atoms with Crippen molar-refractivity contribution in [3.05, 3.63) is 18.3 Å². The fourth-order valence-electron chi connectivity index (χ4n) is 1.87. The summed E-state index contributed by atoms with van der Waals surface area (Å²) in [6.07, 6.45) is 2.22. The topological polar surface area (TPSA) is 115 Å². The van der Waals surface area contributed by atoms with Crippen molar-refractivity contribution in [1.29, 1.82) is 0 Å². The molecule has 1 fully saturated rings. The lowest BCUT2D eigenvalue weighted by molar-refractivity contribution is -0.0588. The number of anilines is 1. The third kappa shape index (κ3) is 3.41. The van der Waals surface area contributed by atoms with E-state index >= 15 is 0 Å². The van der Waals surface area contributed by atoms with Gasteiger partial charge in [-0.1, -0.05) is 0 Å². The Morgan fingerprint density at radius 3 is 2.79 bits per heavy atom. The third-order valence-electron chi connectivity index (χ3n) is 3.10. The molecule has 0 unspecified atom stereocenters. The van der Waals surface area contributed by atoms with E-state index in [0.29, 0.717) is 26.1 Å². The van der Waals surface area contributed by atoms with Crippen LogP contribution in [-0.4, -0.2) is 43.9 Å². The zero-order valence-corrected chi connectivity index (χ0v) is 11.2. The number of pyridine rings is 1. The molecule has 1 saturated heterocycles. The lowest BCUT2D eigenvalue weighted by Crippen LogP contribution is -2.46. The number of aromatic nitrogens is 1. The van der Waals surface area contributed by atoms with Crippen molar-refractivity contribution >= 4 is 15.8 Å². The molecule has 1 aliphatic heterocycles. The van der Waals surface area contributed by atoms with Crippen molar-refractivity contribution in [2.45, 2.75) is 23.3 Å². The highest BCUT2D eigenvalue weighted by atomic mass is 32.2. The number of ether oxygens (including phenoxy) is 1. The molecule has 19 heavy (non-hydrogen) atoms. The van der Waals surface area contributed by atoms with Crippen LogP contribution in [0.4, 0.5) is 5.82 Å². The minimum absolute atomic E-state index is 0.0611. The molecule has 106 valence electrons. The monoisotopic (exact) mass is 287 g/mol. The van der Waals surface area contributed by atoms with Crippen LogP contribution in [0.2, 0.25) is 0 Å². The van der Waals surface area contributed by atoms with Crippen LogP contribution in [-0.2, 0) is 14.8 Å². The first-order valence-electron chi connectivity index (χ1n) is 5.93. The van der Waals surface area contributed by atoms with E-state index in [-0.39, 0.29) is 17.3 Å². The number of nitrogen functional groups attached to an aromatic ring is 1. The fourth-order valence-corrected chi connectivity index (χ4v) is 3.07. The predicted molar refractivity (Wildman–Crippen MR) is 68.8 cm³/mol. The molecule has 0 radical (unpaired) electrons. The summed E-state index contributed by atoms with van der Waals surface area (Å²) in [5, 5.41) is 10.2. The van der Waals surface area contributed by atoms with E-state index in [4.69, 9.17) is 10.5 Å². The molecule has 4 N–H and O–H groups in total. The van der Waals surface area contributed by atoms with Crippen molar-refractivity contribution < 1.29 is 18.3 Å². The van der Waals surface area contributed by atoms with Crippen LogP contribution in [0.5, 0.6) is 0 Å². The summed E-state index contributed by atoms with van der Waals surface area (Å²) in [4.78, 5) is 3.66. The molecule has 2 rings (SSSR count). The Kier molecular flexibility index (Phi) is 4.04. The Labute approximate surface area is 111 Å². The molecular formula is C11H17N3O4S. The van der Waals surface area contributed by atoms with Gasteiger partial charge in [0.15, 0.2) is 0 Å². The average molecular weight is 287 g/mol. The van der Waals surface area contributed by atoms with Gasteiger partial charge in [-0.2, -0.15) is 0 Å². The molecule has 1 aromatic rings. The van der Waals surface area contributed by atoms with E-state index in [1.165, 1.54) is 18.3 Å². The van der Waals surface area contributed by atoms with Gasteiger partial charge in [-0.25, -0.2) is 18.1 Å². The van der Waals surface area contributed by atoms with E-state index < -0.39 is 15.6 Å². The van der Waals surface area contributed by atoms with Gasteiger partial charge < -0.3 is 15.6 Å². The first-order chi connectivity index (χ1) is 8.93. The van der Waals surface area contributed by atoms with Gasteiger partial charge in [-0.15, -0.1) is 0 Å². The Morgan fingerprint density at radius 1 is 1.47 bits per heavy atom. The Hall–Kier alpha value is -1.22. The van der Waals surface area contributed by atoms with E-state index in [1.54, 1.807) is 0 Å². The molecule has 1 aromatic heterocycles. The summed E-state index contributed by atoms with van der Waals surface area (Å²) >= 11 is 0. The summed E-state index contributed by atoms with van der Waals surface area (Å²) in [6.45, 7) is 0.785. The number of sulfonamides is 1. The SMILES string of the molecule is Nc1ncccc1S(=O)(=O)NCC1(O)CCOCC1. The molecule has 0 aromatic carbocycles. The van der Waals surface area contributed by atoms with Crippen LogP contribution in [0.1, 0.15) is 12.8 Å². The maximum absolute atomic E-state index is 12.1. The normalized spacial score (nSPS) is 19.2. The summed E-state index contributed by atoms with van der Waals surface area (Å²) < 4.78 is 31.6. The summed E-state index contributed by atoms with van der Waals surface area (Å²) in [5.41, 5.74) is 4.47. The lowest BCUT2D eigenvalue weighted by Gasteiger charge is -2.31. The first-order valence-corrected chi connectivity index (χ1v) is 7.42. The number of nitrogens with two attached hydrogens (primary N) is 1. The number of hydrogen-bond donors (Lipinski definition) is 3. The number of aliphatic hydroxyl groups is 1. The van der Waals surface area contributed by atoms with Gasteiger partial charge in [0.05, 0.1) is 5.60 Å². The average Bonchev–Trinajstić information content (AvgIpc) is 2.38. The minimum Gasteiger partial charge on any atom is -0.388 e. The number of nitrogens with zero attached hydrogens (tertiary/aromatic N) is 1. The maximum atomic E-state index is 12.1. The summed E-state index contributed by atoms with van der Waals surface area (Å²) in [5.74, 6) is -0.0611. The van der Waals surface area contributed by atoms with Crippen LogP contribution in [0, 0.1) is 0 Å². The fraction of sp³-hybridized carbons (Fsp3) is 0.545. The largest absolute Gasteiger partial charge is 0.388 e. The van der Waals surface area contributed by atoms with Crippen LogP contribution in [0.25, 0.3) is 0 Å². The number of hydrogen-bond acceptors (Lipinski definition) is 6. The smallest absolute Gasteiger partial charge is 0.244 e. The second kappa shape index (κ2) is 5.41. The third-order valence-corrected chi connectivity index (χ3v) is 4.55. The van der Waals surface area contributed by atoms with Crippen molar-refractivity contribution in [3.8, 4) is 0 Å². The quantitative estimate of drug-likeness (QED) is 0.686. The Morgan fingerprint density at radius 2 is 2.16 bits per heavy atom. The molecule has 0 bridgehead atoms. The van der Waals surface area contributed by atoms with Gasteiger partial charge in [0.1, 0.15) is 10.7 Å². The second-order valence-electron chi connectivity index (χ2n) is 4.55. The highest BCUT2D eigenvalue weighted by Gasteiger charge is 2.31. The second-order valence-corrected chi connectivity index (χ2v) is 6.28. The zero-order valence-electron chi connectivity index (χ0n) is 10.4.